The molecule has 4 nitrogen and oxygen atoms in total. The van der Waals surface area contributed by atoms with Gasteiger partial charge >= 0.3 is 0 Å². The van der Waals surface area contributed by atoms with Crippen molar-refractivity contribution in [1.82, 2.24) is 5.32 Å². The van der Waals surface area contributed by atoms with Crippen molar-refractivity contribution in [2.45, 2.75) is 31.7 Å². The van der Waals surface area contributed by atoms with Crippen LogP contribution in [0.5, 0.6) is 0 Å². The van der Waals surface area contributed by atoms with E-state index in [0.717, 1.165) is 31.1 Å². The maximum absolute atomic E-state index is 12.9. The normalized spacial score (nSPS) is 15.0. The monoisotopic (exact) mass is 356 g/mol. The Morgan fingerprint density at radius 3 is 2.44 bits per heavy atom. The van der Waals surface area contributed by atoms with Crippen LogP contribution in [0.1, 0.15) is 44.7 Å². The van der Waals surface area contributed by atoms with Gasteiger partial charge < -0.3 is 10.6 Å². The molecule has 0 aliphatic heterocycles. The molecule has 1 fully saturated rings. The molecule has 27 heavy (non-hydrogen) atoms. The van der Waals surface area contributed by atoms with E-state index in [1.807, 2.05) is 24.3 Å². The van der Waals surface area contributed by atoms with E-state index in [9.17, 15) is 9.59 Å². The molecule has 3 aromatic carbocycles. The Balaban J connectivity index is 1.43. The summed E-state index contributed by atoms with van der Waals surface area (Å²) in [6.45, 7) is 0. The van der Waals surface area contributed by atoms with Gasteiger partial charge in [-0.3, -0.25) is 9.59 Å². The summed E-state index contributed by atoms with van der Waals surface area (Å²) in [5.74, 6) is -0.232. The van der Waals surface area contributed by atoms with Gasteiger partial charge in [0.1, 0.15) is 0 Å². The molecule has 3 aromatic rings. The van der Waals surface area contributed by atoms with E-state index in [2.05, 4.69) is 22.8 Å². The van der Waals surface area contributed by atoms with Gasteiger partial charge in [-0.2, -0.15) is 0 Å². The molecule has 0 unspecified atom stereocenters. The molecule has 0 atom stereocenters. The van der Waals surface area contributed by atoms with Crippen LogP contribution in [0.15, 0.2) is 54.6 Å². The molecular weight excluding hydrogens is 336 g/mol. The van der Waals surface area contributed by atoms with E-state index in [1.54, 1.807) is 18.2 Å². The van der Waals surface area contributed by atoms with Gasteiger partial charge in [0, 0.05) is 22.9 Å². The Morgan fingerprint density at radius 1 is 0.852 bits per heavy atom. The summed E-state index contributed by atoms with van der Waals surface area (Å²) < 4.78 is 0. The molecule has 0 bridgehead atoms. The number of rotatable bonds is 4. The fourth-order valence-corrected chi connectivity index (χ4v) is 3.88. The number of carbonyl (C=O) groups excluding carboxylic acids is 2. The van der Waals surface area contributed by atoms with Crippen LogP contribution in [-0.4, -0.2) is 17.9 Å². The van der Waals surface area contributed by atoms with Crippen molar-refractivity contribution >= 4 is 28.3 Å². The van der Waals surface area contributed by atoms with Crippen LogP contribution < -0.4 is 10.6 Å². The number of hydrogen-bond donors (Lipinski definition) is 2. The second kappa shape index (κ2) is 6.23. The van der Waals surface area contributed by atoms with Crippen molar-refractivity contribution in [1.29, 1.82) is 0 Å². The number of hydrogen-bond acceptors (Lipinski definition) is 2. The van der Waals surface area contributed by atoms with E-state index >= 15 is 0 Å². The summed E-state index contributed by atoms with van der Waals surface area (Å²) in [4.78, 5) is 25.2. The molecular formula is C23H20N2O2. The summed E-state index contributed by atoms with van der Waals surface area (Å²) in [5, 5.41) is 8.16. The first-order valence-electron chi connectivity index (χ1n) is 9.45. The zero-order valence-electron chi connectivity index (χ0n) is 14.9. The lowest BCUT2D eigenvalue weighted by Crippen LogP contribution is -2.25. The molecule has 0 aromatic heterocycles. The first-order valence-corrected chi connectivity index (χ1v) is 9.45. The van der Waals surface area contributed by atoms with Crippen LogP contribution in [0, 0.1) is 0 Å². The van der Waals surface area contributed by atoms with Crippen molar-refractivity contribution in [3.63, 3.8) is 0 Å². The van der Waals surface area contributed by atoms with Crippen molar-refractivity contribution in [2.75, 3.05) is 5.32 Å². The van der Waals surface area contributed by atoms with Gasteiger partial charge in [0.05, 0.1) is 0 Å². The highest BCUT2D eigenvalue weighted by Crippen LogP contribution is 2.33. The summed E-state index contributed by atoms with van der Waals surface area (Å²) in [6, 6.07) is 17.6. The Hall–Kier alpha value is -3.14. The van der Waals surface area contributed by atoms with Crippen LogP contribution in [0.25, 0.3) is 10.8 Å². The number of carbonyl (C=O) groups is 2. The van der Waals surface area contributed by atoms with Crippen molar-refractivity contribution in [2.24, 2.45) is 0 Å². The van der Waals surface area contributed by atoms with Gasteiger partial charge in [0.15, 0.2) is 0 Å². The molecule has 0 heterocycles. The highest BCUT2D eigenvalue weighted by Gasteiger charge is 2.24. The smallest absolute Gasteiger partial charge is 0.256 e. The van der Waals surface area contributed by atoms with Crippen molar-refractivity contribution in [3.8, 4) is 0 Å². The Morgan fingerprint density at radius 2 is 1.63 bits per heavy atom. The summed E-state index contributed by atoms with van der Waals surface area (Å²) in [6.07, 6.45) is 4.17. The van der Waals surface area contributed by atoms with Gasteiger partial charge in [-0.25, -0.2) is 0 Å². The Labute approximate surface area is 157 Å². The quantitative estimate of drug-likeness (QED) is 0.740. The summed E-state index contributed by atoms with van der Waals surface area (Å²) >= 11 is 0. The zero-order chi connectivity index (χ0) is 18.4. The number of aryl methyl sites for hydroxylation is 2. The predicted octanol–water partition coefficient (Wildman–Crippen LogP) is 4.08. The third-order valence-electron chi connectivity index (χ3n) is 5.42. The first kappa shape index (κ1) is 16.1. The molecule has 0 saturated heterocycles. The minimum absolute atomic E-state index is 0.0843. The lowest BCUT2D eigenvalue weighted by molar-refractivity contribution is 0.0949. The van der Waals surface area contributed by atoms with Crippen LogP contribution in [-0.2, 0) is 12.8 Å². The third-order valence-corrected chi connectivity index (χ3v) is 5.42. The van der Waals surface area contributed by atoms with Crippen LogP contribution in [0.2, 0.25) is 0 Å². The predicted molar refractivity (Wildman–Crippen MR) is 106 cm³/mol. The average molecular weight is 356 g/mol. The molecule has 2 amide bonds. The number of anilines is 1. The molecule has 0 spiro atoms. The maximum atomic E-state index is 12.9. The lowest BCUT2D eigenvalue weighted by atomic mass is 9.99. The van der Waals surface area contributed by atoms with E-state index in [4.69, 9.17) is 0 Å². The fourth-order valence-electron chi connectivity index (χ4n) is 3.88. The van der Waals surface area contributed by atoms with Gasteiger partial charge in [-0.15, -0.1) is 0 Å². The molecule has 4 heteroatoms. The number of amides is 2. The Bertz CT molecular complexity index is 1070. The highest BCUT2D eigenvalue weighted by molar-refractivity contribution is 6.14. The SMILES string of the molecule is O=C(NC1CC1)c1cccc(NC(=O)c2ccc3c4c(cccc24)CC3)c1. The van der Waals surface area contributed by atoms with Crippen LogP contribution >= 0.6 is 0 Å². The molecule has 2 N–H and O–H groups in total. The summed E-state index contributed by atoms with van der Waals surface area (Å²) in [5.41, 5.74) is 4.50. The molecule has 2 aliphatic carbocycles. The molecule has 5 rings (SSSR count). The van der Waals surface area contributed by atoms with Gasteiger partial charge in [-0.05, 0) is 71.8 Å². The molecule has 0 radical (unpaired) electrons. The zero-order valence-corrected chi connectivity index (χ0v) is 14.9. The second-order valence-corrected chi connectivity index (χ2v) is 7.39. The standard InChI is InChI=1S/C23H20N2O2/c26-22(24-17-10-11-17)16-4-1-5-18(13-16)25-23(27)20-12-9-15-8-7-14-3-2-6-19(20)21(14)15/h1-6,9,12-13,17H,7-8,10-11H2,(H,24,26)(H,25,27). The van der Waals surface area contributed by atoms with E-state index in [1.165, 1.54) is 16.5 Å². The largest absolute Gasteiger partial charge is 0.349 e. The van der Waals surface area contributed by atoms with Crippen LogP contribution in [0.4, 0.5) is 5.69 Å². The Kier molecular flexibility index (Phi) is 3.71. The van der Waals surface area contributed by atoms with E-state index in [0.29, 0.717) is 22.9 Å². The average Bonchev–Trinajstić information content (AvgIpc) is 3.40. The lowest BCUT2D eigenvalue weighted by Gasteiger charge is -2.11. The van der Waals surface area contributed by atoms with Crippen molar-refractivity contribution in [3.05, 3.63) is 76.9 Å². The van der Waals surface area contributed by atoms with E-state index in [-0.39, 0.29) is 11.8 Å². The third kappa shape index (κ3) is 2.97. The molecule has 134 valence electrons. The number of benzene rings is 3. The molecule has 1 saturated carbocycles. The number of nitrogens with one attached hydrogen (secondary N) is 2. The fraction of sp³-hybridized carbons (Fsp3) is 0.217. The van der Waals surface area contributed by atoms with Gasteiger partial charge in [0.25, 0.3) is 11.8 Å². The molecule has 2 aliphatic rings. The highest BCUT2D eigenvalue weighted by atomic mass is 16.2. The topological polar surface area (TPSA) is 58.2 Å². The van der Waals surface area contributed by atoms with Gasteiger partial charge in [-0.1, -0.05) is 30.3 Å². The second-order valence-electron chi connectivity index (χ2n) is 7.39. The maximum Gasteiger partial charge on any atom is 0.256 e. The van der Waals surface area contributed by atoms with E-state index < -0.39 is 0 Å². The van der Waals surface area contributed by atoms with Gasteiger partial charge in [0.2, 0.25) is 0 Å². The summed E-state index contributed by atoms with van der Waals surface area (Å²) in [7, 11) is 0. The minimum atomic E-state index is -0.148. The first-order chi connectivity index (χ1) is 13.2. The van der Waals surface area contributed by atoms with Crippen LogP contribution in [0.3, 0.4) is 0 Å². The van der Waals surface area contributed by atoms with Crippen molar-refractivity contribution < 1.29 is 9.59 Å². The minimum Gasteiger partial charge on any atom is -0.349 e.